The topological polar surface area (TPSA) is 39.9 Å². The molecule has 0 aliphatic rings. The van der Waals surface area contributed by atoms with Gasteiger partial charge in [-0.25, -0.2) is 4.98 Å². The molecule has 2 aromatic rings. The van der Waals surface area contributed by atoms with Crippen LogP contribution in [0.1, 0.15) is 5.56 Å². The van der Waals surface area contributed by atoms with Crippen LogP contribution in [0.4, 0.5) is 19.0 Å². The van der Waals surface area contributed by atoms with E-state index in [0.717, 1.165) is 10.3 Å². The van der Waals surface area contributed by atoms with Crippen LogP contribution in [-0.4, -0.2) is 24.8 Å². The third-order valence-electron chi connectivity index (χ3n) is 2.60. The van der Waals surface area contributed by atoms with Gasteiger partial charge in [0.25, 0.3) is 0 Å². The van der Waals surface area contributed by atoms with E-state index in [4.69, 9.17) is 5.26 Å². The Hall–Kier alpha value is -2.29. The number of halogens is 3. The average molecular weight is 265 g/mol. The number of hydrogen-bond donors (Lipinski definition) is 0. The highest BCUT2D eigenvalue weighted by molar-refractivity contribution is 5.83. The summed E-state index contributed by atoms with van der Waals surface area (Å²) in [7, 11) is 1.27. The summed E-state index contributed by atoms with van der Waals surface area (Å²) in [5.74, 6) is 0.0403. The second kappa shape index (κ2) is 4.76. The van der Waals surface area contributed by atoms with E-state index >= 15 is 0 Å². The van der Waals surface area contributed by atoms with E-state index < -0.39 is 12.7 Å². The molecule has 1 heterocycles. The minimum absolute atomic E-state index is 0.0403. The van der Waals surface area contributed by atoms with E-state index in [9.17, 15) is 13.2 Å². The fourth-order valence-corrected chi connectivity index (χ4v) is 1.82. The number of benzene rings is 1. The molecule has 98 valence electrons. The van der Waals surface area contributed by atoms with E-state index in [1.54, 1.807) is 30.3 Å². The predicted molar refractivity (Wildman–Crippen MR) is 65.8 cm³/mol. The molecule has 3 nitrogen and oxygen atoms in total. The minimum atomic E-state index is -4.34. The second-order valence-electron chi connectivity index (χ2n) is 4.14. The molecule has 0 N–H and O–H groups in total. The van der Waals surface area contributed by atoms with Crippen molar-refractivity contribution in [1.29, 1.82) is 5.26 Å². The molecule has 0 unspecified atom stereocenters. The van der Waals surface area contributed by atoms with Crippen molar-refractivity contribution < 1.29 is 13.2 Å². The van der Waals surface area contributed by atoms with E-state index in [1.165, 1.54) is 7.05 Å². The van der Waals surface area contributed by atoms with Gasteiger partial charge in [-0.15, -0.1) is 0 Å². The molecule has 19 heavy (non-hydrogen) atoms. The zero-order valence-corrected chi connectivity index (χ0v) is 10.1. The lowest BCUT2D eigenvalue weighted by molar-refractivity contribution is -0.119. The van der Waals surface area contributed by atoms with Gasteiger partial charge >= 0.3 is 6.18 Å². The Morgan fingerprint density at radius 2 is 2.00 bits per heavy atom. The second-order valence-corrected chi connectivity index (χ2v) is 4.14. The molecule has 6 heteroatoms. The fraction of sp³-hybridized carbons (Fsp3) is 0.231. The third kappa shape index (κ3) is 2.94. The van der Waals surface area contributed by atoms with Gasteiger partial charge in [0.05, 0.1) is 11.1 Å². The third-order valence-corrected chi connectivity index (χ3v) is 2.60. The van der Waals surface area contributed by atoms with Crippen LogP contribution >= 0.6 is 0 Å². The zero-order valence-electron chi connectivity index (χ0n) is 10.1. The van der Waals surface area contributed by atoms with Crippen LogP contribution in [0.3, 0.4) is 0 Å². The van der Waals surface area contributed by atoms with Crippen LogP contribution in [-0.2, 0) is 0 Å². The van der Waals surface area contributed by atoms with Gasteiger partial charge < -0.3 is 4.90 Å². The maximum atomic E-state index is 12.4. The van der Waals surface area contributed by atoms with Gasteiger partial charge in [0.1, 0.15) is 18.4 Å². The molecule has 0 spiro atoms. The van der Waals surface area contributed by atoms with E-state index in [1.807, 2.05) is 6.07 Å². The highest BCUT2D eigenvalue weighted by Gasteiger charge is 2.30. The first-order chi connectivity index (χ1) is 8.90. The molecule has 0 aliphatic carbocycles. The summed E-state index contributed by atoms with van der Waals surface area (Å²) >= 11 is 0. The largest absolute Gasteiger partial charge is 0.405 e. The lowest BCUT2D eigenvalue weighted by Gasteiger charge is -2.21. The number of pyridine rings is 1. The van der Waals surface area contributed by atoms with Crippen molar-refractivity contribution >= 4 is 16.7 Å². The Kier molecular flexibility index (Phi) is 3.30. The Morgan fingerprint density at radius 1 is 1.32 bits per heavy atom. The van der Waals surface area contributed by atoms with E-state index in [2.05, 4.69) is 4.98 Å². The minimum Gasteiger partial charge on any atom is -0.349 e. The number of nitrogens with zero attached hydrogens (tertiary/aromatic N) is 3. The van der Waals surface area contributed by atoms with Gasteiger partial charge in [0, 0.05) is 12.4 Å². The number of hydrogen-bond acceptors (Lipinski definition) is 3. The van der Waals surface area contributed by atoms with Gasteiger partial charge in [0.2, 0.25) is 0 Å². The number of aromatic nitrogens is 1. The van der Waals surface area contributed by atoms with Crippen molar-refractivity contribution in [1.82, 2.24) is 4.98 Å². The number of anilines is 1. The molecule has 0 fully saturated rings. The van der Waals surface area contributed by atoms with Crippen LogP contribution in [0.5, 0.6) is 0 Å². The molecule has 0 saturated carbocycles. The predicted octanol–water partition coefficient (Wildman–Crippen LogP) is 3.10. The van der Waals surface area contributed by atoms with Crippen LogP contribution in [0.25, 0.3) is 10.9 Å². The highest BCUT2D eigenvalue weighted by Crippen LogP contribution is 2.25. The Morgan fingerprint density at radius 3 is 2.63 bits per heavy atom. The molecule has 0 saturated heterocycles. The molecule has 0 bridgehead atoms. The first-order valence-corrected chi connectivity index (χ1v) is 5.48. The molecule has 0 aliphatic heterocycles. The summed E-state index contributed by atoms with van der Waals surface area (Å²) < 4.78 is 37.2. The molecular weight excluding hydrogens is 255 g/mol. The number of nitriles is 1. The molecule has 1 aromatic heterocycles. The average Bonchev–Trinajstić information content (AvgIpc) is 2.35. The van der Waals surface area contributed by atoms with Gasteiger partial charge in [-0.05, 0) is 12.1 Å². The van der Waals surface area contributed by atoms with Crippen molar-refractivity contribution in [2.24, 2.45) is 0 Å². The highest BCUT2D eigenvalue weighted by atomic mass is 19.4. The van der Waals surface area contributed by atoms with Crippen LogP contribution in [0.2, 0.25) is 0 Å². The summed E-state index contributed by atoms with van der Waals surface area (Å²) in [4.78, 5) is 5.07. The van der Waals surface area contributed by atoms with Crippen LogP contribution in [0.15, 0.2) is 30.3 Å². The summed E-state index contributed by atoms with van der Waals surface area (Å²) in [6, 6.07) is 10.4. The van der Waals surface area contributed by atoms with Crippen LogP contribution in [0, 0.1) is 11.3 Å². The number of alkyl halides is 3. The Labute approximate surface area is 107 Å². The molecule has 0 radical (unpaired) electrons. The molecule has 2 rings (SSSR count). The normalized spacial score (nSPS) is 11.3. The van der Waals surface area contributed by atoms with Crippen molar-refractivity contribution in [3.05, 3.63) is 35.9 Å². The number of para-hydroxylation sites is 1. The van der Waals surface area contributed by atoms with Gasteiger partial charge in [-0.3, -0.25) is 0 Å². The number of fused-ring (bicyclic) bond motifs is 1. The smallest absolute Gasteiger partial charge is 0.349 e. The standard InChI is InChI=1S/C13H10F3N3/c1-19(8-13(14,15)16)12-10(7-17)6-9-4-2-3-5-11(9)18-12/h2-6H,8H2,1H3. The maximum absolute atomic E-state index is 12.4. The molecular formula is C13H10F3N3. The van der Waals surface area contributed by atoms with E-state index in [0.29, 0.717) is 5.52 Å². The zero-order chi connectivity index (χ0) is 14.0. The first-order valence-electron chi connectivity index (χ1n) is 5.48. The molecule has 0 atom stereocenters. The van der Waals surface area contributed by atoms with Crippen molar-refractivity contribution in [3.8, 4) is 6.07 Å². The van der Waals surface area contributed by atoms with Crippen molar-refractivity contribution in [3.63, 3.8) is 0 Å². The summed E-state index contributed by atoms with van der Waals surface area (Å²) in [6.07, 6.45) is -4.34. The summed E-state index contributed by atoms with van der Waals surface area (Å²) in [5, 5.41) is 9.75. The summed E-state index contributed by atoms with van der Waals surface area (Å²) in [5.41, 5.74) is 0.691. The Balaban J connectivity index is 2.50. The van der Waals surface area contributed by atoms with Gasteiger partial charge in [0.15, 0.2) is 0 Å². The van der Waals surface area contributed by atoms with Crippen molar-refractivity contribution in [2.75, 3.05) is 18.5 Å². The van der Waals surface area contributed by atoms with Crippen molar-refractivity contribution in [2.45, 2.75) is 6.18 Å². The monoisotopic (exact) mass is 265 g/mol. The van der Waals surface area contributed by atoms with Crippen LogP contribution < -0.4 is 4.90 Å². The molecule has 0 amide bonds. The lowest BCUT2D eigenvalue weighted by Crippen LogP contribution is -2.32. The molecule has 1 aromatic carbocycles. The Bertz CT molecular complexity index is 644. The lowest BCUT2D eigenvalue weighted by atomic mass is 10.1. The summed E-state index contributed by atoms with van der Waals surface area (Å²) in [6.45, 7) is -1.15. The first kappa shape index (κ1) is 13.1. The SMILES string of the molecule is CN(CC(F)(F)F)c1nc2ccccc2cc1C#N. The quantitative estimate of drug-likeness (QED) is 0.837. The van der Waals surface area contributed by atoms with E-state index in [-0.39, 0.29) is 11.4 Å². The van der Waals surface area contributed by atoms with Gasteiger partial charge in [-0.2, -0.15) is 18.4 Å². The van der Waals surface area contributed by atoms with Gasteiger partial charge in [-0.1, -0.05) is 18.2 Å². The number of rotatable bonds is 2. The fourth-order valence-electron chi connectivity index (χ4n) is 1.82. The maximum Gasteiger partial charge on any atom is 0.405 e.